The number of nitrogens with one attached hydrogen (secondary N) is 1. The molecule has 2 aromatic rings. The van der Waals surface area contributed by atoms with Crippen LogP contribution in [0.3, 0.4) is 0 Å². The summed E-state index contributed by atoms with van der Waals surface area (Å²) in [6, 6.07) is 6.74. The van der Waals surface area contributed by atoms with E-state index >= 15 is 0 Å². The summed E-state index contributed by atoms with van der Waals surface area (Å²) in [4.78, 5) is 33.6. The molecule has 0 aliphatic carbocycles. The Morgan fingerprint density at radius 1 is 1.07 bits per heavy atom. The van der Waals surface area contributed by atoms with E-state index in [1.807, 2.05) is 13.8 Å². The minimum Gasteiger partial charge on any atom is -0.490 e. The first-order valence-corrected chi connectivity index (χ1v) is 8.86. The first-order chi connectivity index (χ1) is 13.5. The van der Waals surface area contributed by atoms with Crippen LogP contribution in [0.2, 0.25) is 0 Å². The smallest absolute Gasteiger partial charge is 0.326 e. The van der Waals surface area contributed by atoms with E-state index in [4.69, 9.17) is 14.2 Å². The first-order valence-electron chi connectivity index (χ1n) is 8.86. The van der Waals surface area contributed by atoms with Crippen LogP contribution in [0.1, 0.15) is 13.8 Å². The average Bonchev–Trinajstić information content (AvgIpc) is 2.69. The van der Waals surface area contributed by atoms with Crippen molar-refractivity contribution >= 4 is 23.5 Å². The summed E-state index contributed by atoms with van der Waals surface area (Å²) >= 11 is 0. The van der Waals surface area contributed by atoms with Gasteiger partial charge in [0.15, 0.2) is 18.1 Å². The number of anilines is 2. The van der Waals surface area contributed by atoms with Gasteiger partial charge in [0.05, 0.1) is 13.2 Å². The Morgan fingerprint density at radius 3 is 2.43 bits per heavy atom. The van der Waals surface area contributed by atoms with Gasteiger partial charge in [-0.1, -0.05) is 0 Å². The second-order valence-corrected chi connectivity index (χ2v) is 5.64. The molecule has 2 rings (SSSR count). The topological polar surface area (TPSA) is 103 Å². The van der Waals surface area contributed by atoms with Gasteiger partial charge >= 0.3 is 5.97 Å². The second kappa shape index (κ2) is 10.7. The number of amides is 1. The van der Waals surface area contributed by atoms with E-state index in [2.05, 4.69) is 15.3 Å². The number of likely N-dealkylation sites (N-methyl/N-ethyl adjacent to an activating group) is 1. The number of aromatic nitrogens is 2. The van der Waals surface area contributed by atoms with E-state index in [0.717, 1.165) is 0 Å². The minimum absolute atomic E-state index is 0.0746. The van der Waals surface area contributed by atoms with Crippen LogP contribution in [0.25, 0.3) is 0 Å². The summed E-state index contributed by atoms with van der Waals surface area (Å²) < 4.78 is 16.0. The lowest BCUT2D eigenvalue weighted by atomic mass is 10.2. The molecule has 0 unspecified atom stereocenters. The van der Waals surface area contributed by atoms with Gasteiger partial charge in [-0.2, -0.15) is 0 Å². The zero-order valence-corrected chi connectivity index (χ0v) is 16.2. The molecule has 1 N–H and O–H groups in total. The monoisotopic (exact) mass is 388 g/mol. The molecule has 9 nitrogen and oxygen atoms in total. The number of nitrogens with zero attached hydrogens (tertiary/aromatic N) is 3. The van der Waals surface area contributed by atoms with Crippen molar-refractivity contribution in [1.29, 1.82) is 0 Å². The molecule has 0 fully saturated rings. The van der Waals surface area contributed by atoms with Crippen LogP contribution < -0.4 is 19.7 Å². The molecule has 0 aliphatic heterocycles. The average molecular weight is 388 g/mol. The summed E-state index contributed by atoms with van der Waals surface area (Å²) in [5.74, 6) is 0.496. The number of ether oxygens (including phenoxy) is 3. The molecule has 1 amide bonds. The maximum atomic E-state index is 12.1. The predicted octanol–water partition coefficient (Wildman–Crippen LogP) is 1.89. The molecule has 0 aliphatic rings. The van der Waals surface area contributed by atoms with Gasteiger partial charge in [0.25, 0.3) is 5.91 Å². The van der Waals surface area contributed by atoms with E-state index in [0.29, 0.717) is 36.3 Å². The lowest BCUT2D eigenvalue weighted by Crippen LogP contribution is -2.30. The SMILES string of the molecule is CCOc1ccc(NC(=O)COC(=O)CN(C)c2ncccn2)cc1OCC. The standard InChI is InChI=1S/C19H24N4O5/c1-4-26-15-8-7-14(11-16(15)27-5-2)22-17(24)13-28-18(25)12-23(3)19-20-9-6-10-21-19/h6-11H,4-5,12-13H2,1-3H3,(H,22,24). The lowest BCUT2D eigenvalue weighted by molar-refractivity contribution is -0.145. The van der Waals surface area contributed by atoms with Crippen molar-refractivity contribution in [1.82, 2.24) is 9.97 Å². The Balaban J connectivity index is 1.84. The van der Waals surface area contributed by atoms with Crippen molar-refractivity contribution in [2.24, 2.45) is 0 Å². The molecule has 150 valence electrons. The fourth-order valence-corrected chi connectivity index (χ4v) is 2.27. The summed E-state index contributed by atoms with van der Waals surface area (Å²) in [5, 5.41) is 2.66. The number of carbonyl (C=O) groups is 2. The lowest BCUT2D eigenvalue weighted by Gasteiger charge is -2.15. The molecule has 1 aromatic carbocycles. The number of hydrogen-bond donors (Lipinski definition) is 1. The predicted molar refractivity (Wildman–Crippen MR) is 104 cm³/mol. The van der Waals surface area contributed by atoms with Gasteiger partial charge in [0, 0.05) is 31.2 Å². The van der Waals surface area contributed by atoms with E-state index in [1.165, 1.54) is 4.90 Å². The van der Waals surface area contributed by atoms with Crippen molar-refractivity contribution in [3.05, 3.63) is 36.7 Å². The number of rotatable bonds is 10. The molecule has 0 radical (unpaired) electrons. The molecule has 9 heteroatoms. The number of carbonyl (C=O) groups excluding carboxylic acids is 2. The maximum Gasteiger partial charge on any atom is 0.326 e. The second-order valence-electron chi connectivity index (χ2n) is 5.64. The fourth-order valence-electron chi connectivity index (χ4n) is 2.27. The van der Waals surface area contributed by atoms with Crippen molar-refractivity contribution in [2.45, 2.75) is 13.8 Å². The zero-order valence-electron chi connectivity index (χ0n) is 16.2. The Bertz CT molecular complexity index is 785. The first kappa shape index (κ1) is 20.9. The third-order valence-corrected chi connectivity index (χ3v) is 3.45. The zero-order chi connectivity index (χ0) is 20.4. The summed E-state index contributed by atoms with van der Waals surface area (Å²) in [6.07, 6.45) is 3.15. The van der Waals surface area contributed by atoms with E-state index in [-0.39, 0.29) is 6.54 Å². The molecule has 0 spiro atoms. The normalized spacial score (nSPS) is 10.1. The van der Waals surface area contributed by atoms with Crippen LogP contribution in [0.15, 0.2) is 36.7 Å². The summed E-state index contributed by atoms with van der Waals surface area (Å²) in [7, 11) is 1.66. The Kier molecular flexibility index (Phi) is 8.01. The maximum absolute atomic E-state index is 12.1. The van der Waals surface area contributed by atoms with Crippen LogP contribution >= 0.6 is 0 Å². The Morgan fingerprint density at radius 2 is 1.75 bits per heavy atom. The van der Waals surface area contributed by atoms with Gasteiger partial charge in [-0.3, -0.25) is 9.59 Å². The minimum atomic E-state index is -0.563. The quantitative estimate of drug-likeness (QED) is 0.616. The highest BCUT2D eigenvalue weighted by atomic mass is 16.5. The van der Waals surface area contributed by atoms with Crippen molar-refractivity contribution in [3.8, 4) is 11.5 Å². The number of benzene rings is 1. The van der Waals surface area contributed by atoms with Gasteiger partial charge in [0.2, 0.25) is 5.95 Å². The highest BCUT2D eigenvalue weighted by Gasteiger charge is 2.13. The van der Waals surface area contributed by atoms with Crippen LogP contribution in [0.4, 0.5) is 11.6 Å². The van der Waals surface area contributed by atoms with E-state index < -0.39 is 18.5 Å². The third-order valence-electron chi connectivity index (χ3n) is 3.45. The Labute approximate surface area is 163 Å². The van der Waals surface area contributed by atoms with Crippen molar-refractivity contribution < 1.29 is 23.8 Å². The number of hydrogen-bond acceptors (Lipinski definition) is 8. The van der Waals surface area contributed by atoms with Gasteiger partial charge in [-0.05, 0) is 32.0 Å². The van der Waals surface area contributed by atoms with Crippen molar-refractivity contribution in [3.63, 3.8) is 0 Å². The highest BCUT2D eigenvalue weighted by Crippen LogP contribution is 2.30. The highest BCUT2D eigenvalue weighted by molar-refractivity contribution is 5.93. The van der Waals surface area contributed by atoms with Gasteiger partial charge in [-0.15, -0.1) is 0 Å². The summed E-state index contributed by atoms with van der Waals surface area (Å²) in [5.41, 5.74) is 0.516. The molecule has 1 aromatic heterocycles. The molecule has 0 saturated carbocycles. The third kappa shape index (κ3) is 6.42. The van der Waals surface area contributed by atoms with Gasteiger partial charge in [0.1, 0.15) is 6.54 Å². The Hall–Kier alpha value is -3.36. The van der Waals surface area contributed by atoms with Gasteiger partial charge in [-0.25, -0.2) is 9.97 Å². The van der Waals surface area contributed by atoms with E-state index in [1.54, 1.807) is 43.7 Å². The van der Waals surface area contributed by atoms with Crippen LogP contribution in [0.5, 0.6) is 11.5 Å². The van der Waals surface area contributed by atoms with Crippen LogP contribution in [0, 0.1) is 0 Å². The van der Waals surface area contributed by atoms with E-state index in [9.17, 15) is 9.59 Å². The molecule has 28 heavy (non-hydrogen) atoms. The molecular formula is C19H24N4O5. The van der Waals surface area contributed by atoms with Crippen LogP contribution in [-0.4, -0.2) is 55.3 Å². The fraction of sp³-hybridized carbons (Fsp3) is 0.368. The number of esters is 1. The van der Waals surface area contributed by atoms with Crippen LogP contribution in [-0.2, 0) is 14.3 Å². The largest absolute Gasteiger partial charge is 0.490 e. The van der Waals surface area contributed by atoms with Crippen molar-refractivity contribution in [2.75, 3.05) is 43.6 Å². The van der Waals surface area contributed by atoms with Gasteiger partial charge < -0.3 is 24.4 Å². The molecule has 0 saturated heterocycles. The molecule has 0 bridgehead atoms. The molecular weight excluding hydrogens is 364 g/mol. The molecule has 0 atom stereocenters. The molecule has 1 heterocycles. The summed E-state index contributed by atoms with van der Waals surface area (Å²) in [6.45, 7) is 4.23.